The molecule has 0 aromatic rings. The van der Waals surface area contributed by atoms with Crippen molar-refractivity contribution in [3.8, 4) is 0 Å². The second kappa shape index (κ2) is 3.37. The Morgan fingerprint density at radius 3 is 2.53 bits per heavy atom. The molecule has 2 rings (SSSR count). The third-order valence-electron chi connectivity index (χ3n) is 3.27. The van der Waals surface area contributed by atoms with Crippen LogP contribution in [0.2, 0.25) is 0 Å². The molecule has 4 nitrogen and oxygen atoms in total. The first-order valence-corrected chi connectivity index (χ1v) is 5.60. The lowest BCUT2D eigenvalue weighted by molar-refractivity contribution is 0.0288. The number of rotatable bonds is 0. The molecule has 1 amide bonds. The van der Waals surface area contributed by atoms with E-state index in [1.54, 1.807) is 4.90 Å². The second-order valence-corrected chi connectivity index (χ2v) is 5.71. The van der Waals surface area contributed by atoms with Gasteiger partial charge in [0.1, 0.15) is 5.60 Å². The zero-order valence-electron chi connectivity index (χ0n) is 9.69. The molecule has 2 aliphatic rings. The van der Waals surface area contributed by atoms with Crippen molar-refractivity contribution in [2.75, 3.05) is 13.1 Å². The van der Waals surface area contributed by atoms with Gasteiger partial charge in [0.15, 0.2) is 0 Å². The molecule has 2 N–H and O–H groups in total. The SMILES string of the molecule is CC(C)(C)OC(=O)N1C[C@@H]2C[C@H](N)[C@H]2C1. The van der Waals surface area contributed by atoms with E-state index >= 15 is 0 Å². The van der Waals surface area contributed by atoms with Gasteiger partial charge >= 0.3 is 6.09 Å². The summed E-state index contributed by atoms with van der Waals surface area (Å²) in [6.45, 7) is 7.28. The number of likely N-dealkylation sites (tertiary alicyclic amines) is 1. The number of ether oxygens (including phenoxy) is 1. The molecule has 3 atom stereocenters. The van der Waals surface area contributed by atoms with E-state index in [-0.39, 0.29) is 6.09 Å². The molecule has 0 bridgehead atoms. The highest BCUT2D eigenvalue weighted by molar-refractivity contribution is 5.68. The van der Waals surface area contributed by atoms with Gasteiger partial charge in [0.2, 0.25) is 0 Å². The molecule has 1 saturated carbocycles. The van der Waals surface area contributed by atoms with Crippen LogP contribution >= 0.6 is 0 Å². The molecule has 0 aromatic carbocycles. The standard InChI is InChI=1S/C11H20N2O2/c1-11(2,3)15-10(14)13-5-7-4-9(12)8(7)6-13/h7-9H,4-6,12H2,1-3H3/t7-,8-,9-/m0/s1. The first kappa shape index (κ1) is 10.7. The Balaban J connectivity index is 1.88. The van der Waals surface area contributed by atoms with E-state index in [1.807, 2.05) is 20.8 Å². The van der Waals surface area contributed by atoms with Gasteiger partial charge < -0.3 is 15.4 Å². The van der Waals surface area contributed by atoms with E-state index in [1.165, 1.54) is 0 Å². The van der Waals surface area contributed by atoms with Gasteiger partial charge in [-0.3, -0.25) is 0 Å². The largest absolute Gasteiger partial charge is 0.444 e. The molecule has 1 aliphatic carbocycles. The molecule has 1 heterocycles. The summed E-state index contributed by atoms with van der Waals surface area (Å²) in [6, 6.07) is 0.294. The molecule has 0 unspecified atom stereocenters. The van der Waals surface area contributed by atoms with Crippen LogP contribution in [0.5, 0.6) is 0 Å². The van der Waals surface area contributed by atoms with Crippen LogP contribution in [0.4, 0.5) is 4.79 Å². The molecule has 4 heteroatoms. The second-order valence-electron chi connectivity index (χ2n) is 5.71. The molecular formula is C11H20N2O2. The molecule has 1 saturated heterocycles. The summed E-state index contributed by atoms with van der Waals surface area (Å²) in [5.41, 5.74) is 5.47. The van der Waals surface area contributed by atoms with Crippen molar-refractivity contribution in [3.63, 3.8) is 0 Å². The molecule has 0 radical (unpaired) electrons. The van der Waals surface area contributed by atoms with E-state index in [4.69, 9.17) is 10.5 Å². The zero-order chi connectivity index (χ0) is 11.2. The summed E-state index contributed by atoms with van der Waals surface area (Å²) >= 11 is 0. The topological polar surface area (TPSA) is 55.6 Å². The third kappa shape index (κ3) is 2.09. The number of nitrogens with zero attached hydrogens (tertiary/aromatic N) is 1. The molecule has 1 aliphatic heterocycles. The summed E-state index contributed by atoms with van der Waals surface area (Å²) in [5.74, 6) is 1.13. The van der Waals surface area contributed by atoms with Gasteiger partial charge in [-0.25, -0.2) is 4.79 Å². The molecular weight excluding hydrogens is 192 g/mol. The maximum Gasteiger partial charge on any atom is 0.410 e. The van der Waals surface area contributed by atoms with E-state index in [2.05, 4.69) is 0 Å². The fourth-order valence-corrected chi connectivity index (χ4v) is 2.43. The van der Waals surface area contributed by atoms with E-state index < -0.39 is 5.60 Å². The average Bonchev–Trinajstić information content (AvgIpc) is 2.39. The van der Waals surface area contributed by atoms with Crippen LogP contribution in [-0.4, -0.2) is 35.7 Å². The quantitative estimate of drug-likeness (QED) is 0.656. The van der Waals surface area contributed by atoms with E-state index in [0.29, 0.717) is 17.9 Å². The summed E-state index contributed by atoms with van der Waals surface area (Å²) in [7, 11) is 0. The fraction of sp³-hybridized carbons (Fsp3) is 0.909. The Morgan fingerprint density at radius 1 is 1.40 bits per heavy atom. The van der Waals surface area contributed by atoms with Crippen LogP contribution in [0, 0.1) is 11.8 Å². The minimum Gasteiger partial charge on any atom is -0.444 e. The number of hydrogen-bond donors (Lipinski definition) is 1. The smallest absolute Gasteiger partial charge is 0.410 e. The zero-order valence-corrected chi connectivity index (χ0v) is 9.69. The fourth-order valence-electron chi connectivity index (χ4n) is 2.43. The van der Waals surface area contributed by atoms with Crippen LogP contribution in [0.1, 0.15) is 27.2 Å². The Hall–Kier alpha value is -0.770. The Labute approximate surface area is 90.8 Å². The minimum absolute atomic E-state index is 0.191. The first-order valence-electron chi connectivity index (χ1n) is 5.60. The lowest BCUT2D eigenvalue weighted by Crippen LogP contribution is -2.46. The van der Waals surface area contributed by atoms with Gasteiger partial charge in [0.25, 0.3) is 0 Å². The monoisotopic (exact) mass is 212 g/mol. The summed E-state index contributed by atoms with van der Waals surface area (Å²) in [6.07, 6.45) is 0.869. The number of amides is 1. The number of carbonyl (C=O) groups is 1. The first-order chi connectivity index (χ1) is 6.87. The molecule has 15 heavy (non-hydrogen) atoms. The van der Waals surface area contributed by atoms with E-state index in [0.717, 1.165) is 19.5 Å². The summed E-state index contributed by atoms with van der Waals surface area (Å²) in [5, 5.41) is 0. The molecule has 0 spiro atoms. The van der Waals surface area contributed by atoms with Crippen molar-refractivity contribution in [1.29, 1.82) is 0 Å². The van der Waals surface area contributed by atoms with Crippen molar-refractivity contribution in [3.05, 3.63) is 0 Å². The summed E-state index contributed by atoms with van der Waals surface area (Å²) in [4.78, 5) is 13.5. The Kier molecular flexibility index (Phi) is 2.41. The maximum atomic E-state index is 11.7. The van der Waals surface area contributed by atoms with Crippen LogP contribution in [0.25, 0.3) is 0 Å². The minimum atomic E-state index is -0.402. The number of fused-ring (bicyclic) bond motifs is 1. The average molecular weight is 212 g/mol. The number of hydrogen-bond acceptors (Lipinski definition) is 3. The lowest BCUT2D eigenvalue weighted by Gasteiger charge is -2.35. The van der Waals surface area contributed by atoms with Crippen LogP contribution in [-0.2, 0) is 4.74 Å². The van der Waals surface area contributed by atoms with Crippen LogP contribution in [0.15, 0.2) is 0 Å². The van der Waals surface area contributed by atoms with Gasteiger partial charge in [-0.05, 0) is 39.0 Å². The van der Waals surface area contributed by atoms with Gasteiger partial charge in [-0.1, -0.05) is 0 Å². The van der Waals surface area contributed by atoms with Gasteiger partial charge in [0, 0.05) is 19.1 Å². The van der Waals surface area contributed by atoms with Crippen molar-refractivity contribution in [1.82, 2.24) is 4.90 Å². The molecule has 0 aromatic heterocycles. The predicted molar refractivity (Wildman–Crippen MR) is 57.4 cm³/mol. The van der Waals surface area contributed by atoms with Crippen molar-refractivity contribution >= 4 is 6.09 Å². The highest BCUT2D eigenvalue weighted by Crippen LogP contribution is 2.39. The normalized spacial score (nSPS) is 34.7. The lowest BCUT2D eigenvalue weighted by atomic mass is 9.72. The Bertz CT molecular complexity index is 272. The van der Waals surface area contributed by atoms with Crippen LogP contribution in [0.3, 0.4) is 0 Å². The summed E-state index contributed by atoms with van der Waals surface area (Å²) < 4.78 is 5.33. The Morgan fingerprint density at radius 2 is 2.07 bits per heavy atom. The van der Waals surface area contributed by atoms with E-state index in [9.17, 15) is 4.79 Å². The van der Waals surface area contributed by atoms with Crippen molar-refractivity contribution < 1.29 is 9.53 Å². The molecule has 2 fully saturated rings. The molecule has 86 valence electrons. The van der Waals surface area contributed by atoms with Gasteiger partial charge in [-0.15, -0.1) is 0 Å². The van der Waals surface area contributed by atoms with Crippen molar-refractivity contribution in [2.24, 2.45) is 17.6 Å². The highest BCUT2D eigenvalue weighted by Gasteiger charge is 2.47. The number of nitrogens with two attached hydrogens (primary N) is 1. The van der Waals surface area contributed by atoms with Crippen molar-refractivity contribution in [2.45, 2.75) is 38.8 Å². The highest BCUT2D eigenvalue weighted by atomic mass is 16.6. The van der Waals surface area contributed by atoms with Gasteiger partial charge in [0.05, 0.1) is 0 Å². The van der Waals surface area contributed by atoms with Crippen LogP contribution < -0.4 is 5.73 Å². The predicted octanol–water partition coefficient (Wildman–Crippen LogP) is 1.20. The van der Waals surface area contributed by atoms with Gasteiger partial charge in [-0.2, -0.15) is 0 Å². The maximum absolute atomic E-state index is 11.7. The third-order valence-corrected chi connectivity index (χ3v) is 3.27. The number of carbonyl (C=O) groups excluding carboxylic acids is 1.